The second kappa shape index (κ2) is 4.64. The summed E-state index contributed by atoms with van der Waals surface area (Å²) in [5.74, 6) is 0. The lowest BCUT2D eigenvalue weighted by Crippen LogP contribution is -2.38. The van der Waals surface area contributed by atoms with Gasteiger partial charge < -0.3 is 0 Å². The van der Waals surface area contributed by atoms with Crippen molar-refractivity contribution in [2.75, 3.05) is 6.54 Å². The van der Waals surface area contributed by atoms with Gasteiger partial charge in [-0.25, -0.2) is 8.78 Å². The molecule has 104 valence electrons. The van der Waals surface area contributed by atoms with Crippen molar-refractivity contribution in [1.82, 2.24) is 4.90 Å². The fourth-order valence-corrected chi connectivity index (χ4v) is 4.48. The highest BCUT2D eigenvalue weighted by Gasteiger charge is 2.33. The van der Waals surface area contributed by atoms with Gasteiger partial charge in [0.15, 0.2) is 0 Å². The van der Waals surface area contributed by atoms with Crippen molar-refractivity contribution >= 4 is 11.3 Å². The van der Waals surface area contributed by atoms with Crippen molar-refractivity contribution in [3.05, 3.63) is 56.8 Å². The van der Waals surface area contributed by atoms with Gasteiger partial charge in [-0.05, 0) is 35.6 Å². The van der Waals surface area contributed by atoms with E-state index in [1.54, 1.807) is 6.07 Å². The predicted octanol–water partition coefficient (Wildman–Crippen LogP) is 4.34. The largest absolute Gasteiger partial charge is 0.291 e. The summed E-state index contributed by atoms with van der Waals surface area (Å²) >= 11 is 1.30. The molecule has 0 N–H and O–H groups in total. The molecule has 0 amide bonds. The first-order chi connectivity index (χ1) is 9.72. The maximum absolute atomic E-state index is 12.9. The van der Waals surface area contributed by atoms with Crippen molar-refractivity contribution in [2.24, 2.45) is 0 Å². The number of rotatable bonds is 1. The maximum Gasteiger partial charge on any atom is 0.272 e. The first-order valence-electron chi connectivity index (χ1n) is 6.94. The van der Waals surface area contributed by atoms with E-state index < -0.39 is 6.43 Å². The van der Waals surface area contributed by atoms with E-state index in [0.717, 1.165) is 31.5 Å². The van der Waals surface area contributed by atoms with E-state index in [1.165, 1.54) is 27.3 Å². The lowest BCUT2D eigenvalue weighted by molar-refractivity contribution is 0.153. The van der Waals surface area contributed by atoms with E-state index in [4.69, 9.17) is 0 Å². The molecule has 0 saturated carbocycles. The van der Waals surface area contributed by atoms with E-state index in [9.17, 15) is 8.78 Å². The number of benzene rings is 1. The normalized spacial score (nSPS) is 21.4. The summed E-state index contributed by atoms with van der Waals surface area (Å²) in [5.41, 5.74) is 3.90. The third-order valence-electron chi connectivity index (χ3n) is 4.41. The van der Waals surface area contributed by atoms with Crippen LogP contribution in [0.3, 0.4) is 0 Å². The van der Waals surface area contributed by atoms with E-state index in [1.807, 2.05) is 0 Å². The Kier molecular flexibility index (Phi) is 2.89. The van der Waals surface area contributed by atoms with Crippen molar-refractivity contribution in [2.45, 2.75) is 31.9 Å². The van der Waals surface area contributed by atoms with Crippen LogP contribution in [0.5, 0.6) is 0 Å². The highest BCUT2D eigenvalue weighted by Crippen LogP contribution is 2.43. The number of hydrogen-bond acceptors (Lipinski definition) is 2. The average Bonchev–Trinajstić information content (AvgIpc) is 2.90. The van der Waals surface area contributed by atoms with E-state index in [0.29, 0.717) is 0 Å². The molecule has 4 heteroatoms. The zero-order valence-corrected chi connectivity index (χ0v) is 11.8. The van der Waals surface area contributed by atoms with Gasteiger partial charge in [0.25, 0.3) is 6.43 Å². The monoisotopic (exact) mass is 291 g/mol. The number of fused-ring (bicyclic) bond motifs is 4. The van der Waals surface area contributed by atoms with E-state index >= 15 is 0 Å². The summed E-state index contributed by atoms with van der Waals surface area (Å²) in [7, 11) is 0. The molecule has 2 aliphatic rings. The van der Waals surface area contributed by atoms with Crippen LogP contribution in [0.1, 0.15) is 38.9 Å². The smallest absolute Gasteiger partial charge is 0.272 e. The van der Waals surface area contributed by atoms with Gasteiger partial charge >= 0.3 is 0 Å². The molecule has 2 aromatic rings. The Balaban J connectivity index is 1.74. The van der Waals surface area contributed by atoms with Crippen LogP contribution in [0, 0.1) is 0 Å². The van der Waals surface area contributed by atoms with Crippen molar-refractivity contribution in [3.8, 4) is 0 Å². The molecule has 0 aliphatic carbocycles. The Morgan fingerprint density at radius 1 is 1.20 bits per heavy atom. The predicted molar refractivity (Wildman–Crippen MR) is 76.3 cm³/mol. The van der Waals surface area contributed by atoms with Gasteiger partial charge in [0, 0.05) is 24.0 Å². The van der Waals surface area contributed by atoms with Gasteiger partial charge in [0.05, 0.1) is 4.88 Å². The third kappa shape index (κ3) is 1.90. The van der Waals surface area contributed by atoms with Gasteiger partial charge in [-0.3, -0.25) is 4.90 Å². The van der Waals surface area contributed by atoms with Crippen LogP contribution in [0.4, 0.5) is 8.78 Å². The Bertz CT molecular complexity index is 650. The van der Waals surface area contributed by atoms with Crippen LogP contribution < -0.4 is 0 Å². The zero-order chi connectivity index (χ0) is 13.7. The summed E-state index contributed by atoms with van der Waals surface area (Å²) < 4.78 is 25.8. The number of nitrogens with zero attached hydrogens (tertiary/aromatic N) is 1. The fourth-order valence-electron chi connectivity index (χ4n) is 3.41. The summed E-state index contributed by atoms with van der Waals surface area (Å²) in [6.45, 7) is 1.93. The summed E-state index contributed by atoms with van der Waals surface area (Å²) in [6, 6.07) is 10.5. The highest BCUT2D eigenvalue weighted by atomic mass is 32.1. The Labute approximate surface area is 120 Å². The van der Waals surface area contributed by atoms with E-state index in [-0.39, 0.29) is 10.9 Å². The molecule has 3 heterocycles. The topological polar surface area (TPSA) is 3.24 Å². The first kappa shape index (κ1) is 12.5. The summed E-state index contributed by atoms with van der Waals surface area (Å²) in [4.78, 5) is 3.84. The molecule has 20 heavy (non-hydrogen) atoms. The molecule has 1 unspecified atom stereocenters. The number of hydrogen-bond donors (Lipinski definition) is 0. The molecule has 0 fully saturated rings. The minimum absolute atomic E-state index is 0.232. The summed E-state index contributed by atoms with van der Waals surface area (Å²) in [6.07, 6.45) is -0.483. The molecule has 1 atom stereocenters. The van der Waals surface area contributed by atoms with Crippen molar-refractivity contribution < 1.29 is 8.78 Å². The quantitative estimate of drug-likeness (QED) is 0.755. The minimum Gasteiger partial charge on any atom is -0.291 e. The molecule has 4 rings (SSSR count). The SMILES string of the molecule is FC(F)c1cc2c(s1)CCN1Cc3ccccc3CC21. The molecule has 0 saturated heterocycles. The Hall–Kier alpha value is -1.26. The number of alkyl halides is 2. The maximum atomic E-state index is 12.9. The van der Waals surface area contributed by atoms with E-state index in [2.05, 4.69) is 29.2 Å². The van der Waals surface area contributed by atoms with Crippen LogP contribution in [0.25, 0.3) is 0 Å². The molecule has 2 aliphatic heterocycles. The van der Waals surface area contributed by atoms with Gasteiger partial charge in [-0.1, -0.05) is 24.3 Å². The van der Waals surface area contributed by atoms with Gasteiger partial charge in [0.1, 0.15) is 0 Å². The van der Waals surface area contributed by atoms with Crippen LogP contribution in [0.15, 0.2) is 30.3 Å². The molecule has 0 bridgehead atoms. The lowest BCUT2D eigenvalue weighted by Gasteiger charge is -2.40. The Morgan fingerprint density at radius 3 is 2.80 bits per heavy atom. The lowest BCUT2D eigenvalue weighted by atomic mass is 9.87. The molecule has 0 spiro atoms. The average molecular weight is 291 g/mol. The molecule has 1 aromatic carbocycles. The second-order valence-electron chi connectivity index (χ2n) is 5.54. The highest BCUT2D eigenvalue weighted by molar-refractivity contribution is 7.12. The van der Waals surface area contributed by atoms with Gasteiger partial charge in [-0.15, -0.1) is 11.3 Å². The second-order valence-corrected chi connectivity index (χ2v) is 6.71. The Morgan fingerprint density at radius 2 is 2.00 bits per heavy atom. The minimum atomic E-state index is -2.34. The molecular formula is C16H15F2NS. The van der Waals surface area contributed by atoms with Crippen LogP contribution in [-0.4, -0.2) is 11.4 Å². The molecule has 0 radical (unpaired) electrons. The van der Waals surface area contributed by atoms with Crippen molar-refractivity contribution in [3.63, 3.8) is 0 Å². The zero-order valence-electron chi connectivity index (χ0n) is 11.0. The molecule has 1 aromatic heterocycles. The van der Waals surface area contributed by atoms with Crippen LogP contribution >= 0.6 is 11.3 Å². The summed E-state index contributed by atoms with van der Waals surface area (Å²) in [5, 5.41) is 0. The third-order valence-corrected chi connectivity index (χ3v) is 5.62. The molecular weight excluding hydrogens is 276 g/mol. The van der Waals surface area contributed by atoms with Crippen molar-refractivity contribution in [1.29, 1.82) is 0 Å². The standard InChI is InChI=1S/C16H15F2NS/c17-16(18)15-8-12-13-7-10-3-1-2-4-11(10)9-19(13)6-5-14(12)20-15/h1-4,8,13,16H,5-7,9H2. The number of thiophene rings is 1. The van der Waals surface area contributed by atoms with Gasteiger partial charge in [0.2, 0.25) is 0 Å². The number of halogens is 2. The van der Waals surface area contributed by atoms with Gasteiger partial charge in [-0.2, -0.15) is 0 Å². The molecule has 1 nitrogen and oxygen atoms in total. The fraction of sp³-hybridized carbons (Fsp3) is 0.375. The van der Waals surface area contributed by atoms with Crippen LogP contribution in [-0.2, 0) is 19.4 Å². The first-order valence-corrected chi connectivity index (χ1v) is 7.75. The van der Waals surface area contributed by atoms with Crippen LogP contribution in [0.2, 0.25) is 0 Å².